The normalized spacial score (nSPS) is 12.3. The third-order valence-corrected chi connectivity index (χ3v) is 5.23. The fourth-order valence-corrected chi connectivity index (χ4v) is 3.45. The molecule has 3 heteroatoms. The molecule has 26 heavy (non-hydrogen) atoms. The number of nitrogens with one attached hydrogen (secondary N) is 1. The van der Waals surface area contributed by atoms with E-state index in [-0.39, 0.29) is 13.2 Å². The molecule has 0 aromatic heterocycles. The lowest BCUT2D eigenvalue weighted by Crippen LogP contribution is -2.48. The molecule has 0 saturated carbocycles. The Morgan fingerprint density at radius 3 is 2.08 bits per heavy atom. The van der Waals surface area contributed by atoms with Gasteiger partial charge in [0.1, 0.15) is 0 Å². The van der Waals surface area contributed by atoms with Gasteiger partial charge in [0.25, 0.3) is 0 Å². The van der Waals surface area contributed by atoms with Crippen LogP contribution in [0.15, 0.2) is 66.7 Å². The summed E-state index contributed by atoms with van der Waals surface area (Å²) in [6.45, 7) is 2.20. The molecule has 4 rings (SSSR count). The second-order valence-corrected chi connectivity index (χ2v) is 7.23. The maximum Gasteiger partial charge on any atom is 0.0633 e. The van der Waals surface area contributed by atoms with Crippen molar-refractivity contribution in [1.82, 2.24) is 5.32 Å². The van der Waals surface area contributed by atoms with Crippen molar-refractivity contribution in [1.29, 1.82) is 0 Å². The van der Waals surface area contributed by atoms with Crippen LogP contribution in [-0.4, -0.2) is 29.0 Å². The Hall–Kier alpha value is -2.46. The van der Waals surface area contributed by atoms with E-state index < -0.39 is 5.54 Å². The highest BCUT2D eigenvalue weighted by molar-refractivity contribution is 6.17. The van der Waals surface area contributed by atoms with E-state index in [1.807, 2.05) is 6.92 Å². The van der Waals surface area contributed by atoms with Crippen LogP contribution in [0, 0.1) is 0 Å². The fraction of sp³-hybridized carbons (Fsp3) is 0.217. The largest absolute Gasteiger partial charge is 0.394 e. The van der Waals surface area contributed by atoms with Gasteiger partial charge in [-0.15, -0.1) is 0 Å². The molecule has 0 aliphatic heterocycles. The van der Waals surface area contributed by atoms with Gasteiger partial charge in [0, 0.05) is 6.54 Å². The van der Waals surface area contributed by atoms with Gasteiger partial charge in [0.15, 0.2) is 0 Å². The van der Waals surface area contributed by atoms with Crippen molar-refractivity contribution >= 4 is 32.3 Å². The highest BCUT2D eigenvalue weighted by atomic mass is 16.3. The van der Waals surface area contributed by atoms with E-state index in [0.29, 0.717) is 6.54 Å². The number of hydrogen-bond donors (Lipinski definition) is 3. The summed E-state index contributed by atoms with van der Waals surface area (Å²) < 4.78 is 0. The van der Waals surface area contributed by atoms with Crippen LogP contribution < -0.4 is 5.32 Å². The van der Waals surface area contributed by atoms with Gasteiger partial charge in [0.2, 0.25) is 0 Å². The van der Waals surface area contributed by atoms with Gasteiger partial charge >= 0.3 is 0 Å². The lowest BCUT2D eigenvalue weighted by Gasteiger charge is -2.26. The molecule has 0 fully saturated rings. The first-order valence-electron chi connectivity index (χ1n) is 8.93. The summed E-state index contributed by atoms with van der Waals surface area (Å²) in [6.07, 6.45) is 0. The zero-order valence-electron chi connectivity index (χ0n) is 14.9. The standard InChI is InChI=1S/C23H23NO2/c1-23(14-25,15-26)24-13-16-6-7-18-9-10-20-19-5-3-2-4-17(19)8-11-21(20)22(18)12-16/h2-12,24-26H,13-15H2,1H3. The monoisotopic (exact) mass is 345 g/mol. The van der Waals surface area contributed by atoms with Crippen LogP contribution in [0.25, 0.3) is 32.3 Å². The average Bonchev–Trinajstić information content (AvgIpc) is 2.71. The van der Waals surface area contributed by atoms with Gasteiger partial charge in [-0.1, -0.05) is 60.7 Å². The maximum absolute atomic E-state index is 9.45. The number of hydrogen-bond acceptors (Lipinski definition) is 3. The lowest BCUT2D eigenvalue weighted by molar-refractivity contribution is 0.103. The molecule has 4 aromatic carbocycles. The molecule has 0 spiro atoms. The smallest absolute Gasteiger partial charge is 0.0633 e. The van der Waals surface area contributed by atoms with Gasteiger partial charge in [-0.25, -0.2) is 0 Å². The molecule has 0 bridgehead atoms. The molecular weight excluding hydrogens is 322 g/mol. The van der Waals surface area contributed by atoms with Crippen LogP contribution in [0.2, 0.25) is 0 Å². The number of rotatable bonds is 5. The molecule has 0 aliphatic rings. The molecule has 3 nitrogen and oxygen atoms in total. The zero-order chi connectivity index (χ0) is 18.1. The van der Waals surface area contributed by atoms with Crippen LogP contribution >= 0.6 is 0 Å². The van der Waals surface area contributed by atoms with Crippen molar-refractivity contribution in [2.75, 3.05) is 13.2 Å². The molecule has 0 saturated heterocycles. The summed E-state index contributed by atoms with van der Waals surface area (Å²) in [6, 6.07) is 23.6. The molecule has 0 aliphatic carbocycles. The van der Waals surface area contributed by atoms with Crippen LogP contribution in [-0.2, 0) is 6.54 Å². The molecule has 0 atom stereocenters. The molecule has 0 amide bonds. The molecule has 0 heterocycles. The Labute approximate surface area is 152 Å². The first-order chi connectivity index (χ1) is 12.6. The quantitative estimate of drug-likeness (QED) is 0.480. The Balaban J connectivity index is 1.81. The maximum atomic E-state index is 9.45. The summed E-state index contributed by atoms with van der Waals surface area (Å²) >= 11 is 0. The third kappa shape index (κ3) is 2.95. The van der Waals surface area contributed by atoms with Gasteiger partial charge in [0.05, 0.1) is 18.8 Å². The van der Waals surface area contributed by atoms with Crippen molar-refractivity contribution < 1.29 is 10.2 Å². The Bertz CT molecular complexity index is 1080. The summed E-state index contributed by atoms with van der Waals surface area (Å²) in [5, 5.41) is 29.6. The van der Waals surface area contributed by atoms with E-state index in [0.717, 1.165) is 5.56 Å². The summed E-state index contributed by atoms with van der Waals surface area (Å²) in [5.74, 6) is 0. The van der Waals surface area contributed by atoms with E-state index >= 15 is 0 Å². The van der Waals surface area contributed by atoms with Crippen molar-refractivity contribution in [3.8, 4) is 0 Å². The number of fused-ring (bicyclic) bond motifs is 5. The van der Waals surface area contributed by atoms with Crippen LogP contribution in [0.3, 0.4) is 0 Å². The molecule has 0 unspecified atom stereocenters. The minimum atomic E-state index is -0.677. The highest BCUT2D eigenvalue weighted by Gasteiger charge is 2.21. The summed E-state index contributed by atoms with van der Waals surface area (Å²) in [4.78, 5) is 0. The summed E-state index contributed by atoms with van der Waals surface area (Å²) in [5.41, 5.74) is 0.454. The molecular formula is C23H23NO2. The van der Waals surface area contributed by atoms with E-state index in [4.69, 9.17) is 0 Å². The molecule has 0 radical (unpaired) electrons. The molecule has 132 valence electrons. The predicted molar refractivity (Wildman–Crippen MR) is 108 cm³/mol. The van der Waals surface area contributed by atoms with Crippen molar-refractivity contribution in [3.63, 3.8) is 0 Å². The van der Waals surface area contributed by atoms with Crippen molar-refractivity contribution in [3.05, 3.63) is 72.3 Å². The van der Waals surface area contributed by atoms with Crippen molar-refractivity contribution in [2.24, 2.45) is 0 Å². The number of aliphatic hydroxyl groups is 2. The number of benzene rings is 4. The molecule has 3 N–H and O–H groups in total. The first-order valence-corrected chi connectivity index (χ1v) is 8.93. The van der Waals surface area contributed by atoms with E-state index in [2.05, 4.69) is 72.0 Å². The lowest BCUT2D eigenvalue weighted by atomic mass is 9.96. The predicted octanol–water partition coefficient (Wildman–Crippen LogP) is 3.98. The van der Waals surface area contributed by atoms with E-state index in [1.54, 1.807) is 0 Å². The SMILES string of the molecule is CC(CO)(CO)NCc1ccc2ccc3c4ccccc4ccc3c2c1. The second-order valence-electron chi connectivity index (χ2n) is 7.23. The summed E-state index contributed by atoms with van der Waals surface area (Å²) in [7, 11) is 0. The first kappa shape index (κ1) is 17.0. The van der Waals surface area contributed by atoms with Crippen LogP contribution in [0.1, 0.15) is 12.5 Å². The Morgan fingerprint density at radius 1 is 0.731 bits per heavy atom. The van der Waals surface area contributed by atoms with Crippen molar-refractivity contribution in [2.45, 2.75) is 19.0 Å². The minimum absolute atomic E-state index is 0.105. The minimum Gasteiger partial charge on any atom is -0.394 e. The van der Waals surface area contributed by atoms with E-state index in [9.17, 15) is 10.2 Å². The second kappa shape index (κ2) is 6.69. The topological polar surface area (TPSA) is 52.5 Å². The van der Waals surface area contributed by atoms with Crippen LogP contribution in [0.4, 0.5) is 0 Å². The van der Waals surface area contributed by atoms with Gasteiger partial charge < -0.3 is 15.5 Å². The van der Waals surface area contributed by atoms with Gasteiger partial charge in [-0.2, -0.15) is 0 Å². The number of aliphatic hydroxyl groups excluding tert-OH is 2. The highest BCUT2D eigenvalue weighted by Crippen LogP contribution is 2.31. The fourth-order valence-electron chi connectivity index (χ4n) is 3.45. The average molecular weight is 345 g/mol. The van der Waals surface area contributed by atoms with Crippen LogP contribution in [0.5, 0.6) is 0 Å². The van der Waals surface area contributed by atoms with Gasteiger partial charge in [-0.3, -0.25) is 0 Å². The van der Waals surface area contributed by atoms with E-state index in [1.165, 1.54) is 32.3 Å². The third-order valence-electron chi connectivity index (χ3n) is 5.23. The Kier molecular flexibility index (Phi) is 4.37. The van der Waals surface area contributed by atoms with Gasteiger partial charge in [-0.05, 0) is 50.9 Å². The molecule has 4 aromatic rings. The Morgan fingerprint density at radius 2 is 1.35 bits per heavy atom. The zero-order valence-corrected chi connectivity index (χ0v) is 14.9.